The number of aliphatic imine (C=N–C) groups is 1. The summed E-state index contributed by atoms with van der Waals surface area (Å²) >= 11 is 1.51. The first kappa shape index (κ1) is 15.4. The molecule has 0 spiro atoms. The van der Waals surface area contributed by atoms with Gasteiger partial charge in [0, 0.05) is 11.6 Å². The average molecular weight is 283 g/mol. The molecule has 0 radical (unpaired) electrons. The van der Waals surface area contributed by atoms with E-state index < -0.39 is 17.9 Å². The summed E-state index contributed by atoms with van der Waals surface area (Å²) in [5.74, 6) is -2.39. The van der Waals surface area contributed by atoms with Gasteiger partial charge in [-0.05, 0) is 31.7 Å². The molecule has 1 rings (SSSR count). The molecule has 0 aliphatic heterocycles. The van der Waals surface area contributed by atoms with E-state index >= 15 is 0 Å². The highest BCUT2D eigenvalue weighted by atomic mass is 32.1. The minimum Gasteiger partial charge on any atom is -0.465 e. The first-order chi connectivity index (χ1) is 9.10. The Hall–Kier alpha value is -1.69. The second-order valence-corrected chi connectivity index (χ2v) is 4.44. The summed E-state index contributed by atoms with van der Waals surface area (Å²) in [5.41, 5.74) is 1.73. The lowest BCUT2D eigenvalue weighted by Crippen LogP contribution is -2.29. The Morgan fingerprint density at radius 2 is 1.84 bits per heavy atom. The monoisotopic (exact) mass is 283 g/mol. The molecule has 5 nitrogen and oxygen atoms in total. The molecule has 0 N–H and O–H groups in total. The van der Waals surface area contributed by atoms with Gasteiger partial charge in [0.05, 0.1) is 18.9 Å². The maximum absolute atomic E-state index is 11.7. The van der Waals surface area contributed by atoms with Crippen LogP contribution in [0.25, 0.3) is 0 Å². The molecule has 6 heteroatoms. The largest absolute Gasteiger partial charge is 0.465 e. The molecule has 104 valence electrons. The minimum absolute atomic E-state index is 0.208. The van der Waals surface area contributed by atoms with Gasteiger partial charge in [0.2, 0.25) is 0 Å². The Bertz CT molecular complexity index is 449. The van der Waals surface area contributed by atoms with Crippen molar-refractivity contribution in [3.8, 4) is 0 Å². The zero-order chi connectivity index (χ0) is 14.3. The molecule has 19 heavy (non-hydrogen) atoms. The van der Waals surface area contributed by atoms with E-state index in [-0.39, 0.29) is 13.2 Å². The number of aryl methyl sites for hydroxylation is 1. The van der Waals surface area contributed by atoms with Gasteiger partial charge < -0.3 is 9.47 Å². The van der Waals surface area contributed by atoms with E-state index in [1.165, 1.54) is 17.6 Å². The third kappa shape index (κ3) is 4.48. The Morgan fingerprint density at radius 1 is 1.26 bits per heavy atom. The fourth-order valence-corrected chi connectivity index (χ4v) is 2.09. The SMILES string of the molecule is CCOC(=O)C(C=Nc1cscc1C)C(=O)OCC. The number of thiophene rings is 1. The number of carbonyl (C=O) groups is 2. The van der Waals surface area contributed by atoms with E-state index in [1.54, 1.807) is 13.8 Å². The maximum Gasteiger partial charge on any atom is 0.325 e. The van der Waals surface area contributed by atoms with E-state index in [9.17, 15) is 9.59 Å². The molecule has 0 aromatic carbocycles. The van der Waals surface area contributed by atoms with Gasteiger partial charge >= 0.3 is 11.9 Å². The maximum atomic E-state index is 11.7. The zero-order valence-corrected chi connectivity index (χ0v) is 12.0. The van der Waals surface area contributed by atoms with Gasteiger partial charge in [-0.15, -0.1) is 11.3 Å². The average Bonchev–Trinajstić information content (AvgIpc) is 2.76. The molecule has 0 fully saturated rings. The Kier molecular flexibility index (Phi) is 6.21. The van der Waals surface area contributed by atoms with E-state index in [0.29, 0.717) is 0 Å². The molecule has 0 bridgehead atoms. The van der Waals surface area contributed by atoms with Crippen molar-refractivity contribution >= 4 is 35.2 Å². The van der Waals surface area contributed by atoms with Gasteiger partial charge in [0.15, 0.2) is 5.92 Å². The van der Waals surface area contributed by atoms with Gasteiger partial charge in [-0.1, -0.05) is 0 Å². The third-order valence-electron chi connectivity index (χ3n) is 2.27. The number of carbonyl (C=O) groups excluding carboxylic acids is 2. The minimum atomic E-state index is -1.11. The lowest BCUT2D eigenvalue weighted by atomic mass is 10.1. The van der Waals surface area contributed by atoms with Crippen LogP contribution >= 0.6 is 11.3 Å². The molecule has 1 heterocycles. The van der Waals surface area contributed by atoms with Crippen molar-refractivity contribution < 1.29 is 19.1 Å². The van der Waals surface area contributed by atoms with Crippen molar-refractivity contribution in [3.05, 3.63) is 16.3 Å². The van der Waals surface area contributed by atoms with Crippen LogP contribution in [0.1, 0.15) is 19.4 Å². The lowest BCUT2D eigenvalue weighted by Gasteiger charge is -2.09. The molecule has 1 aromatic heterocycles. The number of esters is 2. The third-order valence-corrected chi connectivity index (χ3v) is 3.12. The van der Waals surface area contributed by atoms with Crippen molar-refractivity contribution in [2.24, 2.45) is 10.9 Å². The fraction of sp³-hybridized carbons (Fsp3) is 0.462. The van der Waals surface area contributed by atoms with Crippen LogP contribution in [-0.2, 0) is 19.1 Å². The highest BCUT2D eigenvalue weighted by molar-refractivity contribution is 7.08. The summed E-state index contributed by atoms with van der Waals surface area (Å²) in [6.45, 7) is 5.69. The van der Waals surface area contributed by atoms with E-state index in [1.807, 2.05) is 17.7 Å². The Labute approximate surface area is 116 Å². The summed E-state index contributed by atoms with van der Waals surface area (Å²) < 4.78 is 9.69. The van der Waals surface area contributed by atoms with Gasteiger partial charge in [0.1, 0.15) is 0 Å². The van der Waals surface area contributed by atoms with Gasteiger partial charge in [-0.25, -0.2) is 0 Å². The number of ether oxygens (including phenoxy) is 2. The molecule has 1 aromatic rings. The molecule has 0 aliphatic rings. The zero-order valence-electron chi connectivity index (χ0n) is 11.2. The number of hydrogen-bond acceptors (Lipinski definition) is 6. The predicted octanol–water partition coefficient (Wildman–Crippen LogP) is 2.50. The van der Waals surface area contributed by atoms with E-state index in [2.05, 4.69) is 4.99 Å². The summed E-state index contributed by atoms with van der Waals surface area (Å²) in [6.07, 6.45) is 1.28. The fourth-order valence-electron chi connectivity index (χ4n) is 1.32. The van der Waals surface area contributed by atoms with Crippen LogP contribution in [0.15, 0.2) is 15.8 Å². The Morgan fingerprint density at radius 3 is 2.26 bits per heavy atom. The van der Waals surface area contributed by atoms with Crippen LogP contribution < -0.4 is 0 Å². The highest BCUT2D eigenvalue weighted by Gasteiger charge is 2.27. The van der Waals surface area contributed by atoms with E-state index in [0.717, 1.165) is 11.3 Å². The molecular formula is C13H17NO4S. The standard InChI is InChI=1S/C13H17NO4S/c1-4-17-12(15)10(13(16)18-5-2)6-14-11-8-19-7-9(11)3/h6-8,10H,4-5H2,1-3H3. The van der Waals surface area contributed by atoms with Crippen LogP contribution in [0.5, 0.6) is 0 Å². The summed E-state index contributed by atoms with van der Waals surface area (Å²) in [4.78, 5) is 27.5. The molecule has 0 atom stereocenters. The summed E-state index contributed by atoms with van der Waals surface area (Å²) in [6, 6.07) is 0. The normalized spacial score (nSPS) is 10.9. The number of rotatable bonds is 6. The van der Waals surface area contributed by atoms with E-state index in [4.69, 9.17) is 9.47 Å². The summed E-state index contributed by atoms with van der Waals surface area (Å²) in [5, 5.41) is 3.79. The molecule has 0 aliphatic carbocycles. The van der Waals surface area contributed by atoms with Crippen molar-refractivity contribution in [1.82, 2.24) is 0 Å². The van der Waals surface area contributed by atoms with Crippen LogP contribution in [0.4, 0.5) is 5.69 Å². The molecule has 0 amide bonds. The molecule has 0 unspecified atom stereocenters. The second kappa shape index (κ2) is 7.68. The number of nitrogens with zero attached hydrogens (tertiary/aromatic N) is 1. The van der Waals surface area contributed by atoms with Crippen LogP contribution in [-0.4, -0.2) is 31.4 Å². The van der Waals surface area contributed by atoms with Gasteiger partial charge in [-0.2, -0.15) is 0 Å². The number of hydrogen-bond donors (Lipinski definition) is 0. The molecule has 0 saturated carbocycles. The quantitative estimate of drug-likeness (QED) is 0.457. The van der Waals surface area contributed by atoms with Crippen molar-refractivity contribution in [2.75, 3.05) is 13.2 Å². The van der Waals surface area contributed by atoms with Gasteiger partial charge in [0.25, 0.3) is 0 Å². The molecular weight excluding hydrogens is 266 g/mol. The lowest BCUT2D eigenvalue weighted by molar-refractivity contribution is -0.157. The smallest absolute Gasteiger partial charge is 0.325 e. The van der Waals surface area contributed by atoms with Crippen molar-refractivity contribution in [2.45, 2.75) is 20.8 Å². The Balaban J connectivity index is 2.85. The van der Waals surface area contributed by atoms with Crippen LogP contribution in [0, 0.1) is 12.8 Å². The topological polar surface area (TPSA) is 65.0 Å². The van der Waals surface area contributed by atoms with Crippen molar-refractivity contribution in [1.29, 1.82) is 0 Å². The molecule has 0 saturated heterocycles. The predicted molar refractivity (Wildman–Crippen MR) is 74.0 cm³/mol. The van der Waals surface area contributed by atoms with Crippen LogP contribution in [0.2, 0.25) is 0 Å². The highest BCUT2D eigenvalue weighted by Crippen LogP contribution is 2.22. The van der Waals surface area contributed by atoms with Crippen LogP contribution in [0.3, 0.4) is 0 Å². The first-order valence-electron chi connectivity index (χ1n) is 6.00. The van der Waals surface area contributed by atoms with Gasteiger partial charge in [-0.3, -0.25) is 14.6 Å². The van der Waals surface area contributed by atoms with Crippen molar-refractivity contribution in [3.63, 3.8) is 0 Å². The first-order valence-corrected chi connectivity index (χ1v) is 6.94. The second-order valence-electron chi connectivity index (χ2n) is 3.70. The summed E-state index contributed by atoms with van der Waals surface area (Å²) in [7, 11) is 0.